The molecule has 146 valence electrons. The van der Waals surface area contributed by atoms with Crippen molar-refractivity contribution in [3.8, 4) is 5.75 Å². The molecule has 1 atom stereocenters. The second-order valence-corrected chi connectivity index (χ2v) is 8.03. The molecule has 0 saturated carbocycles. The van der Waals surface area contributed by atoms with Crippen LogP contribution in [0, 0.1) is 5.92 Å². The molecule has 1 amide bonds. The fourth-order valence-electron chi connectivity index (χ4n) is 2.65. The molecule has 0 radical (unpaired) electrons. The van der Waals surface area contributed by atoms with Crippen molar-refractivity contribution in [1.82, 2.24) is 10.2 Å². The quantitative estimate of drug-likeness (QED) is 0.643. The van der Waals surface area contributed by atoms with Crippen LogP contribution in [0.2, 0.25) is 0 Å². The van der Waals surface area contributed by atoms with E-state index in [0.29, 0.717) is 31.2 Å². The van der Waals surface area contributed by atoms with Crippen LogP contribution in [0.4, 0.5) is 5.69 Å². The van der Waals surface area contributed by atoms with E-state index in [0.717, 1.165) is 19.6 Å². The number of amides is 1. The predicted molar refractivity (Wildman–Crippen MR) is 99.8 cm³/mol. The van der Waals surface area contributed by atoms with Crippen LogP contribution in [0.3, 0.4) is 0 Å². The zero-order valence-electron chi connectivity index (χ0n) is 15.2. The number of sulfonamides is 1. The van der Waals surface area contributed by atoms with Crippen LogP contribution in [0.15, 0.2) is 24.3 Å². The van der Waals surface area contributed by atoms with E-state index in [1.807, 2.05) is 0 Å². The zero-order chi connectivity index (χ0) is 19.0. The molecule has 1 heterocycles. The van der Waals surface area contributed by atoms with Gasteiger partial charge in [0.05, 0.1) is 37.7 Å². The maximum atomic E-state index is 12.3. The van der Waals surface area contributed by atoms with Gasteiger partial charge in [-0.15, -0.1) is 0 Å². The van der Waals surface area contributed by atoms with Gasteiger partial charge in [0.1, 0.15) is 5.75 Å². The van der Waals surface area contributed by atoms with Gasteiger partial charge in [-0.1, -0.05) is 13.0 Å². The van der Waals surface area contributed by atoms with Crippen molar-refractivity contribution in [1.29, 1.82) is 0 Å². The van der Waals surface area contributed by atoms with Crippen molar-refractivity contribution >= 4 is 21.6 Å². The summed E-state index contributed by atoms with van der Waals surface area (Å²) in [5.74, 6) is -0.649. The Labute approximate surface area is 154 Å². The highest BCUT2D eigenvalue weighted by Crippen LogP contribution is 2.18. The third kappa shape index (κ3) is 6.81. The Hall–Kier alpha value is -1.84. The summed E-state index contributed by atoms with van der Waals surface area (Å²) in [5, 5.41) is 2.80. The van der Waals surface area contributed by atoms with Crippen LogP contribution in [0.25, 0.3) is 0 Å². The van der Waals surface area contributed by atoms with Crippen LogP contribution >= 0.6 is 0 Å². The van der Waals surface area contributed by atoms with Crippen LogP contribution in [0.1, 0.15) is 6.92 Å². The summed E-state index contributed by atoms with van der Waals surface area (Å²) < 4.78 is 37.4. The fraction of sp³-hybridized carbons (Fsp3) is 0.588. The smallest absolute Gasteiger partial charge is 0.233 e. The fourth-order valence-corrected chi connectivity index (χ4v) is 4.03. The molecule has 0 bridgehead atoms. The van der Waals surface area contributed by atoms with E-state index >= 15 is 0 Å². The average molecular weight is 385 g/mol. The Balaban J connectivity index is 1.78. The number of hydrogen-bond donors (Lipinski definition) is 2. The van der Waals surface area contributed by atoms with Gasteiger partial charge >= 0.3 is 0 Å². The number of benzene rings is 1. The lowest BCUT2D eigenvalue weighted by molar-refractivity contribution is -0.123. The molecule has 2 rings (SSSR count). The van der Waals surface area contributed by atoms with Crippen molar-refractivity contribution in [3.05, 3.63) is 24.3 Å². The van der Waals surface area contributed by atoms with Crippen molar-refractivity contribution in [2.75, 3.05) is 57.0 Å². The molecular weight excluding hydrogens is 358 g/mol. The summed E-state index contributed by atoms with van der Waals surface area (Å²) in [6, 6.07) is 6.64. The number of ether oxygens (including phenoxy) is 2. The summed E-state index contributed by atoms with van der Waals surface area (Å²) in [6.45, 7) is 5.95. The molecule has 0 aromatic heterocycles. The molecule has 1 saturated heterocycles. The third-order valence-electron chi connectivity index (χ3n) is 4.09. The number of carbonyl (C=O) groups excluding carboxylic acids is 1. The second-order valence-electron chi connectivity index (χ2n) is 6.26. The van der Waals surface area contributed by atoms with Gasteiger partial charge in [-0.25, -0.2) is 8.42 Å². The normalized spacial score (nSPS) is 16.7. The molecule has 8 nitrogen and oxygen atoms in total. The summed E-state index contributed by atoms with van der Waals surface area (Å²) >= 11 is 0. The minimum Gasteiger partial charge on any atom is -0.497 e. The topological polar surface area (TPSA) is 97.0 Å². The predicted octanol–water partition coefficient (Wildman–Crippen LogP) is 0.521. The highest BCUT2D eigenvalue weighted by Gasteiger charge is 2.22. The van der Waals surface area contributed by atoms with E-state index < -0.39 is 15.9 Å². The largest absolute Gasteiger partial charge is 0.497 e. The Morgan fingerprint density at radius 2 is 2.08 bits per heavy atom. The first-order valence-corrected chi connectivity index (χ1v) is 10.3. The number of carbonyl (C=O) groups is 1. The lowest BCUT2D eigenvalue weighted by atomic mass is 10.2. The van der Waals surface area contributed by atoms with E-state index in [1.165, 1.54) is 7.11 Å². The van der Waals surface area contributed by atoms with Gasteiger partial charge in [-0.2, -0.15) is 0 Å². The molecular formula is C17H27N3O5S. The number of nitrogens with one attached hydrogen (secondary N) is 2. The SMILES string of the molecule is COc1cccc(NS(=O)(=O)CC(C)C(=O)NCCN2CCOCC2)c1. The van der Waals surface area contributed by atoms with Gasteiger partial charge in [-0.3, -0.25) is 14.4 Å². The maximum absolute atomic E-state index is 12.3. The molecule has 2 N–H and O–H groups in total. The summed E-state index contributed by atoms with van der Waals surface area (Å²) in [7, 11) is -2.13. The van der Waals surface area contributed by atoms with E-state index in [-0.39, 0.29) is 11.7 Å². The third-order valence-corrected chi connectivity index (χ3v) is 5.58. The highest BCUT2D eigenvalue weighted by molar-refractivity contribution is 7.92. The molecule has 1 fully saturated rings. The van der Waals surface area contributed by atoms with Crippen LogP contribution < -0.4 is 14.8 Å². The van der Waals surface area contributed by atoms with Crippen LogP contribution in [-0.4, -0.2) is 71.5 Å². The van der Waals surface area contributed by atoms with Crippen molar-refractivity contribution in [2.24, 2.45) is 5.92 Å². The number of morpholine rings is 1. The zero-order valence-corrected chi connectivity index (χ0v) is 16.0. The number of methoxy groups -OCH3 is 1. The van der Waals surface area contributed by atoms with Crippen molar-refractivity contribution in [2.45, 2.75) is 6.92 Å². The first kappa shape index (κ1) is 20.5. The highest BCUT2D eigenvalue weighted by atomic mass is 32.2. The molecule has 1 aliphatic rings. The van der Waals surface area contributed by atoms with Crippen molar-refractivity contribution in [3.63, 3.8) is 0 Å². The van der Waals surface area contributed by atoms with Gasteiger partial charge < -0.3 is 14.8 Å². The van der Waals surface area contributed by atoms with Gasteiger partial charge in [0.15, 0.2) is 0 Å². The molecule has 1 aromatic carbocycles. The molecule has 1 aromatic rings. The summed E-state index contributed by atoms with van der Waals surface area (Å²) in [5.41, 5.74) is 0.407. The monoisotopic (exact) mass is 385 g/mol. The first-order chi connectivity index (χ1) is 12.4. The number of anilines is 1. The van der Waals surface area contributed by atoms with Gasteiger partial charge in [0, 0.05) is 32.2 Å². The van der Waals surface area contributed by atoms with Crippen molar-refractivity contribution < 1.29 is 22.7 Å². The van der Waals surface area contributed by atoms with Gasteiger partial charge in [0.25, 0.3) is 0 Å². The summed E-state index contributed by atoms with van der Waals surface area (Å²) in [4.78, 5) is 14.4. The molecule has 26 heavy (non-hydrogen) atoms. The second kappa shape index (κ2) is 9.75. The molecule has 0 spiro atoms. The lowest BCUT2D eigenvalue weighted by Gasteiger charge is -2.26. The molecule has 1 unspecified atom stereocenters. The van der Waals surface area contributed by atoms with E-state index in [4.69, 9.17) is 9.47 Å². The molecule has 1 aliphatic heterocycles. The standard InChI is InChI=1S/C17H27N3O5S/c1-14(17(21)18-6-7-20-8-10-25-11-9-20)13-26(22,23)19-15-4-3-5-16(12-15)24-2/h3-5,12,14,19H,6-11,13H2,1-2H3,(H,18,21). The maximum Gasteiger partial charge on any atom is 0.233 e. The number of rotatable bonds is 9. The minimum absolute atomic E-state index is 0.269. The summed E-state index contributed by atoms with van der Waals surface area (Å²) in [6.07, 6.45) is 0. The minimum atomic E-state index is -3.64. The average Bonchev–Trinajstić information content (AvgIpc) is 2.61. The van der Waals surface area contributed by atoms with E-state index in [2.05, 4.69) is 14.9 Å². The van der Waals surface area contributed by atoms with E-state index in [9.17, 15) is 13.2 Å². The Kier molecular flexibility index (Phi) is 7.67. The van der Waals surface area contributed by atoms with Gasteiger partial charge in [0.2, 0.25) is 15.9 Å². The Bertz CT molecular complexity index is 689. The van der Waals surface area contributed by atoms with Crippen LogP contribution in [0.5, 0.6) is 5.75 Å². The lowest BCUT2D eigenvalue weighted by Crippen LogP contribution is -2.43. The Morgan fingerprint density at radius 1 is 1.35 bits per heavy atom. The van der Waals surface area contributed by atoms with E-state index in [1.54, 1.807) is 31.2 Å². The van der Waals surface area contributed by atoms with Gasteiger partial charge in [-0.05, 0) is 12.1 Å². The Morgan fingerprint density at radius 3 is 2.77 bits per heavy atom. The number of hydrogen-bond acceptors (Lipinski definition) is 6. The molecule has 9 heteroatoms. The van der Waals surface area contributed by atoms with Crippen LogP contribution in [-0.2, 0) is 19.6 Å². The first-order valence-electron chi connectivity index (χ1n) is 8.62. The molecule has 0 aliphatic carbocycles. The number of nitrogens with zero attached hydrogens (tertiary/aromatic N) is 1.